The van der Waals surface area contributed by atoms with Gasteiger partial charge in [-0.1, -0.05) is 109 Å². The van der Waals surface area contributed by atoms with Crippen LogP contribution in [-0.4, -0.2) is 189 Å². The number of amides is 8. The minimum Gasteiger partial charge on any atom is -0.852 e. The molecule has 8 amide bonds. The molecule has 4 saturated carbocycles. The number of aromatic nitrogens is 4. The van der Waals surface area contributed by atoms with E-state index in [9.17, 15) is 60.3 Å². The third kappa shape index (κ3) is 21.5. The minimum atomic E-state index is -3.91. The van der Waals surface area contributed by atoms with E-state index in [1.165, 1.54) is 22.0 Å². The van der Waals surface area contributed by atoms with E-state index in [-0.39, 0.29) is 91.3 Å². The molecule has 4 heterocycles. The predicted octanol–water partition coefficient (Wildman–Crippen LogP) is 3.37. The Kier molecular flexibility index (Phi) is 26.8. The maximum absolute atomic E-state index is 14.5. The molecule has 34 heteroatoms. The Morgan fingerprint density at radius 2 is 0.896 bits per heavy atom. The zero-order valence-corrected chi connectivity index (χ0v) is 67.8. The average Bonchev–Trinajstić information content (AvgIpc) is 1.58. The average molecular weight is 1540 g/mol. The molecular weight excluding hydrogens is 1440 g/mol. The van der Waals surface area contributed by atoms with Gasteiger partial charge in [-0.15, -0.1) is 39.7 Å². The van der Waals surface area contributed by atoms with Gasteiger partial charge in [-0.05, 0) is 123 Å². The molecule has 4 aliphatic carbocycles. The monoisotopic (exact) mass is 1540 g/mol. The number of hydrogen-bond acceptors (Lipinski definition) is 22. The molecule has 6 aliphatic rings. The molecule has 2 aromatic carbocycles. The van der Waals surface area contributed by atoms with Crippen molar-refractivity contribution in [2.24, 2.45) is 22.7 Å². The van der Waals surface area contributed by atoms with Gasteiger partial charge in [0.1, 0.15) is 58.7 Å². The van der Waals surface area contributed by atoms with E-state index >= 15 is 0 Å². The maximum atomic E-state index is 14.5. The topological polar surface area (TPSA) is 404 Å². The molecule has 2 aromatic heterocycles. The normalized spacial score (nSPS) is 23.3. The Bertz CT molecular complexity index is 4230. The number of sulfonamides is 2. The van der Waals surface area contributed by atoms with Crippen LogP contribution in [0.2, 0.25) is 5.15 Å². The number of halogens is 1. The summed E-state index contributed by atoms with van der Waals surface area (Å²) < 4.78 is 84.3. The van der Waals surface area contributed by atoms with Gasteiger partial charge in [-0.25, -0.2) is 26.4 Å². The summed E-state index contributed by atoms with van der Waals surface area (Å²) in [4.78, 5) is 113. The van der Waals surface area contributed by atoms with Crippen molar-refractivity contribution in [2.75, 3.05) is 13.1 Å². The van der Waals surface area contributed by atoms with Gasteiger partial charge < -0.3 is 59.9 Å². The number of hydrogen-bond donors (Lipinski definition) is 6. The number of benzene rings is 2. The van der Waals surface area contributed by atoms with Crippen molar-refractivity contribution in [1.29, 1.82) is 0 Å². The Labute approximate surface area is 646 Å². The number of nitrogens with one attached hydrogen (secondary N) is 6. The first-order valence-corrected chi connectivity index (χ1v) is 38.5. The Morgan fingerprint density at radius 3 is 1.22 bits per heavy atom. The summed E-state index contributed by atoms with van der Waals surface area (Å²) in [6.07, 6.45) is 1.28. The largest absolute Gasteiger partial charge is 1.00 e. The molecule has 10 atom stereocenters. The summed E-state index contributed by atoms with van der Waals surface area (Å²) in [6, 6.07) is 9.74. The molecular formula is C72H100ClN12NaO18S2. The van der Waals surface area contributed by atoms with Crippen LogP contribution in [0.3, 0.4) is 0 Å². The van der Waals surface area contributed by atoms with E-state index in [0.29, 0.717) is 53.1 Å². The van der Waals surface area contributed by atoms with E-state index < -0.39 is 166 Å². The third-order valence-corrected chi connectivity index (χ3v) is 21.8. The Balaban J connectivity index is 0.000000279. The fourth-order valence-corrected chi connectivity index (χ4v) is 15.1. The summed E-state index contributed by atoms with van der Waals surface area (Å²) in [5.41, 5.74) is -6.46. The molecule has 2 unspecified atom stereocenters. The second kappa shape index (κ2) is 33.2. The predicted molar refractivity (Wildman–Crippen MR) is 388 cm³/mol. The molecule has 0 bridgehead atoms. The van der Waals surface area contributed by atoms with Gasteiger partial charge in [0.25, 0.3) is 11.8 Å². The van der Waals surface area contributed by atoms with Crippen molar-refractivity contribution < 1.29 is 114 Å². The van der Waals surface area contributed by atoms with Crippen LogP contribution in [-0.2, 0) is 58.3 Å². The number of likely N-dealkylation sites (tertiary alicyclic amines) is 2. The van der Waals surface area contributed by atoms with Crippen molar-refractivity contribution in [1.82, 2.24) is 60.9 Å². The molecule has 10 rings (SSSR count). The van der Waals surface area contributed by atoms with E-state index in [0.717, 1.165) is 0 Å². The minimum absolute atomic E-state index is 0. The standard InChI is InChI=1S/C36H50N6O9S.C33H43ClN6O8S.C3H7O.Na/c1-10-21-18-36(21,32(45)41-52(47,48)23-15-16-23)38-28(43)26-17-22(50-30-25-14-12-11-13-24(25)29(39-40-30)49-20(2)3)19-42(26)31(44)27(34(4,5)6)37-33(46)51-35(7,8)9;1-8-18-16-33(18,29(43)39-49(45,46)20-13-14-20)36-26(41)23-15-19(47-27-22-12-10-9-11-21(22)25(34)37-38-27)17-40(23)28(42)24(31(2,3)4)35-30(44)48-32(5,6)7;1-3(2)4;/h10-14,20-23,26-27H,1,15-19H2,2-9H3,(H,37,46)(H,38,43)(H,41,45);8-12,18-20,23-24H,1,13-17H2,2-7H3,(H,35,44)(H,36,41)(H,39,43);3H,1-2H3;/q;;-1;+1/t21?,22-,26+,27-,36-;18?,19-,23+,24-,33-;;/m11../s1. The van der Waals surface area contributed by atoms with Crippen LogP contribution in [0, 0.1) is 22.7 Å². The third-order valence-electron chi connectivity index (χ3n) is 17.9. The maximum Gasteiger partial charge on any atom is 1.00 e. The molecule has 0 radical (unpaired) electrons. The smallest absolute Gasteiger partial charge is 0.852 e. The van der Waals surface area contributed by atoms with E-state index in [2.05, 4.69) is 64.3 Å². The molecule has 6 N–H and O–H groups in total. The van der Waals surface area contributed by atoms with E-state index in [1.807, 2.05) is 32.0 Å². The first-order valence-electron chi connectivity index (χ1n) is 35.1. The summed E-state index contributed by atoms with van der Waals surface area (Å²) >= 11 is 6.25. The summed E-state index contributed by atoms with van der Waals surface area (Å²) in [7, 11) is -7.81. The Morgan fingerprint density at radius 1 is 0.566 bits per heavy atom. The quantitative estimate of drug-likeness (QED) is 0.0485. The number of fused-ring (bicyclic) bond motifs is 2. The van der Waals surface area contributed by atoms with Gasteiger partial charge in [0.15, 0.2) is 5.15 Å². The number of carbonyl (C=O) groups excluding carboxylic acids is 8. The summed E-state index contributed by atoms with van der Waals surface area (Å²) in [5.74, 6) is -4.68. The molecule has 2 saturated heterocycles. The zero-order chi connectivity index (χ0) is 78.1. The van der Waals surface area contributed by atoms with Crippen LogP contribution in [0.5, 0.6) is 17.6 Å². The van der Waals surface area contributed by atoms with Crippen molar-refractivity contribution in [3.8, 4) is 17.6 Å². The van der Waals surface area contributed by atoms with Gasteiger partial charge in [-0.3, -0.25) is 38.2 Å². The fourth-order valence-electron chi connectivity index (χ4n) is 12.2. The molecule has 106 heavy (non-hydrogen) atoms. The zero-order valence-electron chi connectivity index (χ0n) is 63.4. The van der Waals surface area contributed by atoms with Gasteiger partial charge in [0.05, 0.1) is 40.5 Å². The molecule has 576 valence electrons. The van der Waals surface area contributed by atoms with Crippen molar-refractivity contribution in [3.63, 3.8) is 0 Å². The van der Waals surface area contributed by atoms with Crippen molar-refractivity contribution in [2.45, 2.75) is 244 Å². The van der Waals surface area contributed by atoms with E-state index in [1.54, 1.807) is 127 Å². The van der Waals surface area contributed by atoms with Crippen LogP contribution >= 0.6 is 11.6 Å². The number of alkyl carbamates (subject to hydrolysis) is 2. The Hall–Kier alpha value is -7.49. The molecule has 30 nitrogen and oxygen atoms in total. The van der Waals surface area contributed by atoms with Gasteiger partial charge in [-0.2, -0.15) is 0 Å². The number of nitrogens with zero attached hydrogens (tertiary/aromatic N) is 6. The summed E-state index contributed by atoms with van der Waals surface area (Å²) in [6.45, 7) is 35.1. The number of ether oxygens (including phenoxy) is 5. The van der Waals surface area contributed by atoms with Crippen molar-refractivity contribution in [3.05, 3.63) is 79.0 Å². The second-order valence-corrected chi connectivity index (χ2v) is 36.4. The fraction of sp³-hybridized carbons (Fsp3) is 0.611. The SMILES string of the molecule is C=CC1C[C@]1(NC(=O)[C@@H]1C[C@@H](Oc2nnc(Cl)c3ccccc23)CN1C(=O)[C@@H](NC(=O)OC(C)(C)C)C(C)(C)C)C(=O)NS(=O)(=O)C1CC1.C=CC1C[C@]1(NC(=O)[C@@H]1C[C@@H](Oc2nnc(OC(C)C)c3ccccc23)CN1C(=O)[C@@H](NC(=O)OC(C)(C)C)C(C)(C)C)C(=O)NS(=O)(=O)C1CC1.CC(C)[O-].[Na+]. The molecule has 4 aromatic rings. The van der Waals surface area contributed by atoms with Crippen LogP contribution in [0.1, 0.15) is 162 Å². The first-order chi connectivity index (χ1) is 48.6. The van der Waals surface area contributed by atoms with Gasteiger partial charge in [0.2, 0.25) is 61.3 Å². The van der Waals surface area contributed by atoms with Crippen LogP contribution < -0.4 is 79.6 Å². The molecule has 6 fully saturated rings. The van der Waals surface area contributed by atoms with Gasteiger partial charge >= 0.3 is 41.7 Å². The number of rotatable bonds is 22. The van der Waals surface area contributed by atoms with Crippen LogP contribution in [0.4, 0.5) is 9.59 Å². The van der Waals surface area contributed by atoms with Crippen LogP contribution in [0.15, 0.2) is 73.8 Å². The number of carbonyl (C=O) groups is 8. The van der Waals surface area contributed by atoms with Gasteiger partial charge in [0, 0.05) is 35.4 Å². The molecule has 2 aliphatic heterocycles. The molecule has 0 spiro atoms. The second-order valence-electron chi connectivity index (χ2n) is 32.1. The van der Waals surface area contributed by atoms with E-state index in [4.69, 9.17) is 35.3 Å². The summed E-state index contributed by atoms with van der Waals surface area (Å²) in [5, 5.41) is 38.4. The first kappa shape index (κ1) is 85.8. The van der Waals surface area contributed by atoms with Crippen molar-refractivity contribution >= 4 is 101 Å². The van der Waals surface area contributed by atoms with Crippen LogP contribution in [0.25, 0.3) is 21.5 Å².